The number of carbonyl (C=O) groups excluding carboxylic acids is 1. The molecular formula is C11H16F3N3O2S. The molecule has 1 atom stereocenters. The number of alkyl halides is 3. The summed E-state index contributed by atoms with van der Waals surface area (Å²) in [6.07, 6.45) is -4.50. The molecule has 1 rings (SSSR count). The van der Waals surface area contributed by atoms with Gasteiger partial charge in [-0.2, -0.15) is 13.2 Å². The van der Waals surface area contributed by atoms with Crippen molar-refractivity contribution >= 4 is 17.2 Å². The Kier molecular flexibility index (Phi) is 5.11. The lowest BCUT2D eigenvalue weighted by Gasteiger charge is -2.25. The molecule has 1 aromatic heterocycles. The lowest BCUT2D eigenvalue weighted by molar-refractivity contribution is -0.140. The SMILES string of the molecule is COCC(N)C(=O)NC(C)(C)c1nc(C(F)(F)F)cs1. The summed E-state index contributed by atoms with van der Waals surface area (Å²) < 4.78 is 42.2. The first kappa shape index (κ1) is 16.9. The molecule has 0 aromatic carbocycles. The summed E-state index contributed by atoms with van der Waals surface area (Å²) in [4.78, 5) is 15.3. The number of hydrogen-bond donors (Lipinski definition) is 2. The molecule has 0 aliphatic carbocycles. The number of hydrogen-bond acceptors (Lipinski definition) is 5. The van der Waals surface area contributed by atoms with E-state index < -0.39 is 29.4 Å². The van der Waals surface area contributed by atoms with E-state index in [9.17, 15) is 18.0 Å². The Hall–Kier alpha value is -1.19. The Morgan fingerprint density at radius 1 is 1.55 bits per heavy atom. The second kappa shape index (κ2) is 6.06. The zero-order valence-electron chi connectivity index (χ0n) is 11.2. The molecule has 3 N–H and O–H groups in total. The Morgan fingerprint density at radius 2 is 2.15 bits per heavy atom. The molecule has 0 aliphatic rings. The number of methoxy groups -OCH3 is 1. The number of nitrogens with two attached hydrogens (primary N) is 1. The number of rotatable bonds is 5. The van der Waals surface area contributed by atoms with E-state index in [0.29, 0.717) is 0 Å². The van der Waals surface area contributed by atoms with Gasteiger partial charge in [0.2, 0.25) is 5.91 Å². The largest absolute Gasteiger partial charge is 0.434 e. The van der Waals surface area contributed by atoms with Crippen molar-refractivity contribution in [3.05, 3.63) is 16.1 Å². The number of carbonyl (C=O) groups is 1. The second-order valence-electron chi connectivity index (χ2n) is 4.71. The summed E-state index contributed by atoms with van der Waals surface area (Å²) in [7, 11) is 1.40. The quantitative estimate of drug-likeness (QED) is 0.863. The zero-order valence-corrected chi connectivity index (χ0v) is 12.1. The van der Waals surface area contributed by atoms with Gasteiger partial charge in [-0.15, -0.1) is 11.3 Å². The summed E-state index contributed by atoms with van der Waals surface area (Å²) >= 11 is 0.833. The van der Waals surface area contributed by atoms with E-state index >= 15 is 0 Å². The van der Waals surface area contributed by atoms with Gasteiger partial charge in [-0.05, 0) is 13.8 Å². The molecule has 0 aliphatic heterocycles. The lowest BCUT2D eigenvalue weighted by atomic mass is 10.1. The van der Waals surface area contributed by atoms with Crippen LogP contribution in [0.1, 0.15) is 24.5 Å². The number of thiazole rings is 1. The van der Waals surface area contributed by atoms with Gasteiger partial charge in [0.15, 0.2) is 5.69 Å². The van der Waals surface area contributed by atoms with Gasteiger partial charge in [-0.1, -0.05) is 0 Å². The van der Waals surface area contributed by atoms with Crippen LogP contribution in [-0.2, 0) is 21.2 Å². The van der Waals surface area contributed by atoms with Gasteiger partial charge < -0.3 is 15.8 Å². The van der Waals surface area contributed by atoms with Gasteiger partial charge in [0.25, 0.3) is 0 Å². The maximum absolute atomic E-state index is 12.5. The van der Waals surface area contributed by atoms with Crippen LogP contribution in [-0.4, -0.2) is 30.6 Å². The van der Waals surface area contributed by atoms with Crippen molar-refractivity contribution in [3.63, 3.8) is 0 Å². The minimum atomic E-state index is -4.50. The number of ether oxygens (including phenoxy) is 1. The predicted octanol–water partition coefficient (Wildman–Crippen LogP) is 1.49. The van der Waals surface area contributed by atoms with E-state index in [1.807, 2.05) is 0 Å². The van der Waals surface area contributed by atoms with Crippen LogP contribution in [0.3, 0.4) is 0 Å². The fourth-order valence-electron chi connectivity index (χ4n) is 1.40. The van der Waals surface area contributed by atoms with E-state index in [1.165, 1.54) is 7.11 Å². The summed E-state index contributed by atoms with van der Waals surface area (Å²) in [5.74, 6) is -0.513. The summed E-state index contributed by atoms with van der Waals surface area (Å²) in [6, 6.07) is -0.888. The van der Waals surface area contributed by atoms with Crippen molar-refractivity contribution in [2.45, 2.75) is 31.6 Å². The normalized spacial score (nSPS) is 14.2. The second-order valence-corrected chi connectivity index (χ2v) is 5.57. The first-order chi connectivity index (χ1) is 9.08. The summed E-state index contributed by atoms with van der Waals surface area (Å²) in [6.45, 7) is 3.14. The van der Waals surface area contributed by atoms with Gasteiger partial charge >= 0.3 is 6.18 Å². The number of nitrogens with one attached hydrogen (secondary N) is 1. The minimum Gasteiger partial charge on any atom is -0.383 e. The van der Waals surface area contributed by atoms with E-state index in [4.69, 9.17) is 10.5 Å². The van der Waals surface area contributed by atoms with Crippen molar-refractivity contribution in [3.8, 4) is 0 Å². The first-order valence-corrected chi connectivity index (χ1v) is 6.55. The van der Waals surface area contributed by atoms with Crippen molar-refractivity contribution in [2.75, 3.05) is 13.7 Å². The van der Waals surface area contributed by atoms with Crippen LogP contribution < -0.4 is 11.1 Å². The Morgan fingerprint density at radius 3 is 2.60 bits per heavy atom. The molecule has 9 heteroatoms. The summed E-state index contributed by atoms with van der Waals surface area (Å²) in [5.41, 5.74) is 3.54. The maximum atomic E-state index is 12.5. The fourth-order valence-corrected chi connectivity index (χ4v) is 2.31. The predicted molar refractivity (Wildman–Crippen MR) is 68.1 cm³/mol. The molecule has 0 fully saturated rings. The van der Waals surface area contributed by atoms with Gasteiger partial charge in [0, 0.05) is 12.5 Å². The molecule has 114 valence electrons. The molecule has 0 bridgehead atoms. The van der Waals surface area contributed by atoms with Crippen LogP contribution in [0.25, 0.3) is 0 Å². The molecule has 1 aromatic rings. The topological polar surface area (TPSA) is 77.2 Å². The van der Waals surface area contributed by atoms with E-state index in [2.05, 4.69) is 10.3 Å². The monoisotopic (exact) mass is 311 g/mol. The van der Waals surface area contributed by atoms with Crippen molar-refractivity contribution < 1.29 is 22.7 Å². The third kappa shape index (κ3) is 4.15. The van der Waals surface area contributed by atoms with Crippen LogP contribution in [0.2, 0.25) is 0 Å². The number of nitrogens with zero attached hydrogens (tertiary/aromatic N) is 1. The van der Waals surface area contributed by atoms with Crippen LogP contribution in [0, 0.1) is 0 Å². The summed E-state index contributed by atoms with van der Waals surface area (Å²) in [5, 5.41) is 3.63. The Labute approximate surface area is 118 Å². The Bertz CT molecular complexity index is 474. The third-order valence-corrected chi connectivity index (χ3v) is 3.61. The van der Waals surface area contributed by atoms with E-state index in [1.54, 1.807) is 13.8 Å². The number of amides is 1. The number of halogens is 3. The highest BCUT2D eigenvalue weighted by Gasteiger charge is 2.36. The molecule has 1 amide bonds. The maximum Gasteiger partial charge on any atom is 0.434 e. The Balaban J connectivity index is 2.83. The molecule has 0 radical (unpaired) electrons. The van der Waals surface area contributed by atoms with Crippen LogP contribution in [0.4, 0.5) is 13.2 Å². The third-order valence-electron chi connectivity index (χ3n) is 2.45. The highest BCUT2D eigenvalue weighted by atomic mass is 32.1. The average molecular weight is 311 g/mol. The zero-order chi connectivity index (χ0) is 15.6. The van der Waals surface area contributed by atoms with Crippen LogP contribution in [0.15, 0.2) is 5.38 Å². The molecule has 20 heavy (non-hydrogen) atoms. The fraction of sp³-hybridized carbons (Fsp3) is 0.636. The average Bonchev–Trinajstić information content (AvgIpc) is 2.78. The van der Waals surface area contributed by atoms with Gasteiger partial charge in [-0.3, -0.25) is 4.79 Å². The molecule has 1 heterocycles. The highest BCUT2D eigenvalue weighted by Crippen LogP contribution is 2.33. The van der Waals surface area contributed by atoms with Crippen molar-refractivity contribution in [1.29, 1.82) is 0 Å². The van der Waals surface area contributed by atoms with Crippen LogP contribution in [0.5, 0.6) is 0 Å². The smallest absolute Gasteiger partial charge is 0.383 e. The standard InChI is InChI=1S/C11H16F3N3O2S/c1-10(2,17-8(18)6(15)4-19-3)9-16-7(5-20-9)11(12,13)14/h5-6H,4,15H2,1-3H3,(H,17,18). The van der Waals surface area contributed by atoms with Crippen LogP contribution >= 0.6 is 11.3 Å². The van der Waals surface area contributed by atoms with Gasteiger partial charge in [0.1, 0.15) is 11.0 Å². The lowest BCUT2D eigenvalue weighted by Crippen LogP contribution is -2.50. The van der Waals surface area contributed by atoms with E-state index in [0.717, 1.165) is 16.7 Å². The molecule has 0 saturated carbocycles. The molecule has 5 nitrogen and oxygen atoms in total. The van der Waals surface area contributed by atoms with Crippen molar-refractivity contribution in [1.82, 2.24) is 10.3 Å². The highest BCUT2D eigenvalue weighted by molar-refractivity contribution is 7.09. The van der Waals surface area contributed by atoms with Gasteiger partial charge in [-0.25, -0.2) is 4.98 Å². The number of aromatic nitrogens is 1. The van der Waals surface area contributed by atoms with Crippen molar-refractivity contribution in [2.24, 2.45) is 5.73 Å². The molecule has 1 unspecified atom stereocenters. The molecule has 0 spiro atoms. The van der Waals surface area contributed by atoms with E-state index in [-0.39, 0.29) is 11.6 Å². The first-order valence-electron chi connectivity index (χ1n) is 5.67. The molecule has 0 saturated heterocycles. The minimum absolute atomic E-state index is 0.0214. The van der Waals surface area contributed by atoms with Gasteiger partial charge in [0.05, 0.1) is 12.1 Å². The molecular weight excluding hydrogens is 295 g/mol.